The Bertz CT molecular complexity index is 625. The third kappa shape index (κ3) is 3.39. The zero-order valence-corrected chi connectivity index (χ0v) is 11.0. The monoisotopic (exact) mass is 278 g/mol. The SMILES string of the molecule is CC(N)Cc1cn(Cc2cc(F)ccc2[N+](=O)[O-])cn1. The quantitative estimate of drug-likeness (QED) is 0.668. The number of nitrogens with two attached hydrogens (primary N) is 1. The summed E-state index contributed by atoms with van der Waals surface area (Å²) < 4.78 is 14.9. The lowest BCUT2D eigenvalue weighted by Crippen LogP contribution is -2.17. The van der Waals surface area contributed by atoms with Gasteiger partial charge in [-0.3, -0.25) is 10.1 Å². The molecule has 1 atom stereocenters. The summed E-state index contributed by atoms with van der Waals surface area (Å²) in [6, 6.07) is 3.41. The molecule has 106 valence electrons. The number of halogens is 1. The van der Waals surface area contributed by atoms with Gasteiger partial charge in [-0.15, -0.1) is 0 Å². The van der Waals surface area contributed by atoms with Gasteiger partial charge in [0.15, 0.2) is 0 Å². The van der Waals surface area contributed by atoms with Crippen molar-refractivity contribution in [1.82, 2.24) is 9.55 Å². The first-order chi connectivity index (χ1) is 9.45. The third-order valence-electron chi connectivity index (χ3n) is 2.81. The molecular weight excluding hydrogens is 263 g/mol. The van der Waals surface area contributed by atoms with Crippen LogP contribution in [0.5, 0.6) is 0 Å². The van der Waals surface area contributed by atoms with Crippen LogP contribution in [0.25, 0.3) is 0 Å². The van der Waals surface area contributed by atoms with Crippen molar-refractivity contribution < 1.29 is 9.31 Å². The molecule has 2 aromatic rings. The van der Waals surface area contributed by atoms with E-state index in [0.29, 0.717) is 12.0 Å². The molecule has 1 unspecified atom stereocenters. The summed E-state index contributed by atoms with van der Waals surface area (Å²) in [5.41, 5.74) is 6.69. The molecule has 0 saturated carbocycles. The topological polar surface area (TPSA) is 87.0 Å². The van der Waals surface area contributed by atoms with Gasteiger partial charge in [0.1, 0.15) is 5.82 Å². The lowest BCUT2D eigenvalue weighted by molar-refractivity contribution is -0.385. The molecule has 1 heterocycles. The van der Waals surface area contributed by atoms with E-state index in [9.17, 15) is 14.5 Å². The number of hydrogen-bond donors (Lipinski definition) is 1. The van der Waals surface area contributed by atoms with E-state index in [-0.39, 0.29) is 18.3 Å². The Morgan fingerprint density at radius 1 is 1.55 bits per heavy atom. The highest BCUT2D eigenvalue weighted by Gasteiger charge is 2.15. The molecule has 2 N–H and O–H groups in total. The third-order valence-corrected chi connectivity index (χ3v) is 2.81. The van der Waals surface area contributed by atoms with Crippen LogP contribution in [-0.4, -0.2) is 20.5 Å². The number of aromatic nitrogens is 2. The Balaban J connectivity index is 2.23. The zero-order chi connectivity index (χ0) is 14.7. The number of nitrogens with zero attached hydrogens (tertiary/aromatic N) is 3. The highest BCUT2D eigenvalue weighted by Crippen LogP contribution is 2.20. The standard InChI is InChI=1S/C13H15FN4O2/c1-9(15)4-12-7-17(8-16-12)6-10-5-11(14)2-3-13(10)18(19)20/h2-3,5,7-9H,4,6,15H2,1H3. The van der Waals surface area contributed by atoms with Gasteiger partial charge in [-0.1, -0.05) is 0 Å². The number of nitro benzene ring substituents is 1. The average molecular weight is 278 g/mol. The number of rotatable bonds is 5. The number of imidazole rings is 1. The molecule has 1 aromatic carbocycles. The zero-order valence-electron chi connectivity index (χ0n) is 11.0. The van der Waals surface area contributed by atoms with Crippen molar-refractivity contribution in [2.45, 2.75) is 25.9 Å². The molecule has 7 heteroatoms. The second-order valence-electron chi connectivity index (χ2n) is 4.75. The van der Waals surface area contributed by atoms with Crippen LogP contribution in [0.3, 0.4) is 0 Å². The van der Waals surface area contributed by atoms with Crippen LogP contribution in [0, 0.1) is 15.9 Å². The van der Waals surface area contributed by atoms with Crippen molar-refractivity contribution in [2.24, 2.45) is 5.73 Å². The molecule has 0 radical (unpaired) electrons. The van der Waals surface area contributed by atoms with Gasteiger partial charge in [-0.05, 0) is 19.1 Å². The van der Waals surface area contributed by atoms with Crippen LogP contribution < -0.4 is 5.73 Å². The molecule has 1 aromatic heterocycles. The molecular formula is C13H15FN4O2. The Kier molecular flexibility index (Phi) is 4.09. The lowest BCUT2D eigenvalue weighted by atomic mass is 10.1. The molecule has 0 fully saturated rings. The van der Waals surface area contributed by atoms with E-state index in [1.165, 1.54) is 12.1 Å². The van der Waals surface area contributed by atoms with Gasteiger partial charge >= 0.3 is 0 Å². The van der Waals surface area contributed by atoms with Crippen molar-refractivity contribution >= 4 is 5.69 Å². The number of benzene rings is 1. The highest BCUT2D eigenvalue weighted by atomic mass is 19.1. The molecule has 20 heavy (non-hydrogen) atoms. The van der Waals surface area contributed by atoms with Crippen LogP contribution in [0.1, 0.15) is 18.2 Å². The van der Waals surface area contributed by atoms with Crippen LogP contribution in [0.4, 0.5) is 10.1 Å². The molecule has 0 spiro atoms. The molecule has 0 saturated heterocycles. The number of hydrogen-bond acceptors (Lipinski definition) is 4. The molecule has 2 rings (SSSR count). The first-order valence-corrected chi connectivity index (χ1v) is 6.14. The van der Waals surface area contributed by atoms with E-state index in [1.807, 2.05) is 6.92 Å². The molecule has 0 aliphatic heterocycles. The molecule has 0 bridgehead atoms. The Morgan fingerprint density at radius 3 is 2.95 bits per heavy atom. The summed E-state index contributed by atoms with van der Waals surface area (Å²) in [5, 5.41) is 10.9. The molecule has 0 aliphatic carbocycles. The van der Waals surface area contributed by atoms with Crippen LogP contribution in [0.15, 0.2) is 30.7 Å². The predicted octanol–water partition coefficient (Wildman–Crippen LogP) is 1.87. The minimum absolute atomic E-state index is 0.0122. The molecule has 6 nitrogen and oxygen atoms in total. The van der Waals surface area contributed by atoms with E-state index in [0.717, 1.165) is 11.8 Å². The summed E-state index contributed by atoms with van der Waals surface area (Å²) in [6.45, 7) is 2.07. The second kappa shape index (κ2) is 5.79. The van der Waals surface area contributed by atoms with Crippen molar-refractivity contribution in [2.75, 3.05) is 0 Å². The Labute approximate surface area is 115 Å². The van der Waals surface area contributed by atoms with Crippen LogP contribution in [-0.2, 0) is 13.0 Å². The largest absolute Gasteiger partial charge is 0.333 e. The van der Waals surface area contributed by atoms with Gasteiger partial charge in [0, 0.05) is 24.7 Å². The van der Waals surface area contributed by atoms with Crippen LogP contribution >= 0.6 is 0 Å². The predicted molar refractivity (Wildman–Crippen MR) is 71.7 cm³/mol. The summed E-state index contributed by atoms with van der Waals surface area (Å²) >= 11 is 0. The Hall–Kier alpha value is -2.28. The number of nitro groups is 1. The van der Waals surface area contributed by atoms with E-state index < -0.39 is 10.7 Å². The lowest BCUT2D eigenvalue weighted by Gasteiger charge is -2.04. The maximum atomic E-state index is 13.2. The second-order valence-corrected chi connectivity index (χ2v) is 4.75. The smallest absolute Gasteiger partial charge is 0.274 e. The summed E-state index contributed by atoms with van der Waals surface area (Å²) in [4.78, 5) is 14.6. The van der Waals surface area contributed by atoms with Crippen molar-refractivity contribution in [3.8, 4) is 0 Å². The summed E-state index contributed by atoms with van der Waals surface area (Å²) in [5.74, 6) is -0.499. The fourth-order valence-corrected chi connectivity index (χ4v) is 1.98. The maximum absolute atomic E-state index is 13.2. The van der Waals surface area contributed by atoms with Gasteiger partial charge in [0.2, 0.25) is 0 Å². The molecule has 0 amide bonds. The van der Waals surface area contributed by atoms with Gasteiger partial charge in [0.25, 0.3) is 5.69 Å². The summed E-state index contributed by atoms with van der Waals surface area (Å²) in [6.07, 6.45) is 3.95. The maximum Gasteiger partial charge on any atom is 0.274 e. The van der Waals surface area contributed by atoms with Gasteiger partial charge in [-0.25, -0.2) is 9.37 Å². The van der Waals surface area contributed by atoms with Gasteiger partial charge < -0.3 is 10.3 Å². The van der Waals surface area contributed by atoms with Gasteiger partial charge in [0.05, 0.1) is 29.1 Å². The summed E-state index contributed by atoms with van der Waals surface area (Å²) in [7, 11) is 0. The van der Waals surface area contributed by atoms with Crippen molar-refractivity contribution in [1.29, 1.82) is 0 Å². The fourth-order valence-electron chi connectivity index (χ4n) is 1.98. The van der Waals surface area contributed by atoms with E-state index >= 15 is 0 Å². The fraction of sp³-hybridized carbons (Fsp3) is 0.308. The highest BCUT2D eigenvalue weighted by molar-refractivity contribution is 5.40. The first-order valence-electron chi connectivity index (χ1n) is 6.14. The minimum Gasteiger partial charge on any atom is -0.333 e. The Morgan fingerprint density at radius 2 is 2.30 bits per heavy atom. The molecule has 0 aliphatic rings. The van der Waals surface area contributed by atoms with Crippen molar-refractivity contribution in [3.63, 3.8) is 0 Å². The first kappa shape index (κ1) is 14.1. The van der Waals surface area contributed by atoms with E-state index in [1.54, 1.807) is 17.1 Å². The van der Waals surface area contributed by atoms with E-state index in [4.69, 9.17) is 5.73 Å². The minimum atomic E-state index is -0.519. The normalized spacial score (nSPS) is 12.3. The average Bonchev–Trinajstić information content (AvgIpc) is 2.75. The van der Waals surface area contributed by atoms with Crippen molar-refractivity contribution in [3.05, 3.63) is 57.9 Å². The van der Waals surface area contributed by atoms with E-state index in [2.05, 4.69) is 4.98 Å². The van der Waals surface area contributed by atoms with Gasteiger partial charge in [-0.2, -0.15) is 0 Å². The van der Waals surface area contributed by atoms with Crippen LogP contribution in [0.2, 0.25) is 0 Å².